The molecule has 7 nitrogen and oxygen atoms in total. The number of aryl methyl sites for hydroxylation is 1. The molecule has 30 heavy (non-hydrogen) atoms. The molecule has 1 N–H and O–H groups in total. The lowest BCUT2D eigenvalue weighted by Crippen LogP contribution is -2.50. The van der Waals surface area contributed by atoms with Gasteiger partial charge in [0, 0.05) is 50.5 Å². The summed E-state index contributed by atoms with van der Waals surface area (Å²) in [7, 11) is 1.90. The van der Waals surface area contributed by atoms with Crippen molar-refractivity contribution in [3.05, 3.63) is 47.8 Å². The smallest absolute Gasteiger partial charge is 0.227 e. The minimum Gasteiger partial charge on any atom is -0.345 e. The molecule has 2 saturated heterocycles. The molecule has 0 spiro atoms. The van der Waals surface area contributed by atoms with Crippen molar-refractivity contribution in [1.82, 2.24) is 29.7 Å². The maximum absolute atomic E-state index is 13.0. The molecule has 0 saturated carbocycles. The summed E-state index contributed by atoms with van der Waals surface area (Å²) >= 11 is 0. The van der Waals surface area contributed by atoms with Gasteiger partial charge in [0.1, 0.15) is 5.82 Å². The number of piperidine rings is 2. The highest BCUT2D eigenvalue weighted by molar-refractivity contribution is 5.78. The number of carbonyl (C=O) groups excluding carboxylic acids is 1. The standard InChI is InChI=1S/C23H34N6O/c1-18-13-25-22(26-18)17-27(2)23(30)20-6-4-10-29(16-20)21-7-11-28(12-8-21)15-19-5-3-9-24-14-19/h3,5,9,13-14,20-21H,4,6-8,10-12,15-17H2,1-2H3,(H,25,26). The van der Waals surface area contributed by atoms with Crippen LogP contribution in [0.5, 0.6) is 0 Å². The van der Waals surface area contributed by atoms with Gasteiger partial charge < -0.3 is 9.88 Å². The normalized spacial score (nSPS) is 21.6. The number of nitrogens with zero attached hydrogens (tertiary/aromatic N) is 5. The van der Waals surface area contributed by atoms with E-state index in [9.17, 15) is 4.79 Å². The fraction of sp³-hybridized carbons (Fsp3) is 0.609. The Hall–Kier alpha value is -2.25. The average molecular weight is 411 g/mol. The highest BCUT2D eigenvalue weighted by atomic mass is 16.2. The topological polar surface area (TPSA) is 68.4 Å². The van der Waals surface area contributed by atoms with E-state index in [1.165, 1.54) is 18.4 Å². The third-order valence-corrected chi connectivity index (χ3v) is 6.52. The molecule has 4 rings (SSSR count). The van der Waals surface area contributed by atoms with Gasteiger partial charge in [0.15, 0.2) is 0 Å². The van der Waals surface area contributed by atoms with Crippen LogP contribution in [0.25, 0.3) is 0 Å². The second-order valence-electron chi connectivity index (χ2n) is 8.91. The minimum absolute atomic E-state index is 0.105. The van der Waals surface area contributed by atoms with Crippen molar-refractivity contribution in [1.29, 1.82) is 0 Å². The zero-order chi connectivity index (χ0) is 20.9. The van der Waals surface area contributed by atoms with E-state index in [4.69, 9.17) is 0 Å². The van der Waals surface area contributed by atoms with Crippen molar-refractivity contribution < 1.29 is 4.79 Å². The third-order valence-electron chi connectivity index (χ3n) is 6.52. The van der Waals surface area contributed by atoms with Crippen LogP contribution in [-0.2, 0) is 17.9 Å². The van der Waals surface area contributed by atoms with E-state index in [0.717, 1.165) is 57.1 Å². The van der Waals surface area contributed by atoms with E-state index < -0.39 is 0 Å². The molecular formula is C23H34N6O. The Balaban J connectivity index is 1.26. The quantitative estimate of drug-likeness (QED) is 0.792. The molecule has 2 aliphatic heterocycles. The largest absolute Gasteiger partial charge is 0.345 e. The van der Waals surface area contributed by atoms with Crippen LogP contribution in [0.4, 0.5) is 0 Å². The van der Waals surface area contributed by atoms with Gasteiger partial charge in [0.25, 0.3) is 0 Å². The number of likely N-dealkylation sites (tertiary alicyclic amines) is 2. The van der Waals surface area contributed by atoms with Crippen LogP contribution < -0.4 is 0 Å². The molecule has 2 fully saturated rings. The molecule has 0 aliphatic carbocycles. The van der Waals surface area contributed by atoms with Gasteiger partial charge in [-0.3, -0.25) is 19.6 Å². The first kappa shape index (κ1) is 21.0. The lowest BCUT2D eigenvalue weighted by atomic mass is 9.93. The van der Waals surface area contributed by atoms with Gasteiger partial charge in [-0.05, 0) is 63.9 Å². The minimum atomic E-state index is 0.105. The van der Waals surface area contributed by atoms with E-state index in [1.807, 2.05) is 43.5 Å². The van der Waals surface area contributed by atoms with Crippen LogP contribution in [0.1, 0.15) is 42.8 Å². The molecule has 1 unspecified atom stereocenters. The van der Waals surface area contributed by atoms with Gasteiger partial charge in [-0.2, -0.15) is 0 Å². The van der Waals surface area contributed by atoms with Crippen LogP contribution in [0, 0.1) is 12.8 Å². The monoisotopic (exact) mass is 410 g/mol. The number of aromatic amines is 1. The molecule has 7 heteroatoms. The van der Waals surface area contributed by atoms with Crippen molar-refractivity contribution in [2.24, 2.45) is 5.92 Å². The summed E-state index contributed by atoms with van der Waals surface area (Å²) in [4.78, 5) is 31.8. The number of carbonyl (C=O) groups is 1. The maximum Gasteiger partial charge on any atom is 0.227 e. The molecule has 2 aromatic heterocycles. The zero-order valence-electron chi connectivity index (χ0n) is 18.3. The second kappa shape index (κ2) is 9.71. The van der Waals surface area contributed by atoms with Gasteiger partial charge in [-0.15, -0.1) is 0 Å². The van der Waals surface area contributed by atoms with Gasteiger partial charge in [0.05, 0.1) is 12.5 Å². The van der Waals surface area contributed by atoms with Crippen molar-refractivity contribution >= 4 is 5.91 Å². The number of rotatable bonds is 6. The SMILES string of the molecule is Cc1cnc(CN(C)C(=O)C2CCCN(C3CCN(Cc4cccnc4)CC3)C2)[nH]1. The first-order valence-electron chi connectivity index (χ1n) is 11.2. The lowest BCUT2D eigenvalue weighted by Gasteiger charge is -2.42. The summed E-state index contributed by atoms with van der Waals surface area (Å²) < 4.78 is 0. The Morgan fingerprint density at radius 1 is 1.23 bits per heavy atom. The molecule has 1 amide bonds. The highest BCUT2D eigenvalue weighted by Crippen LogP contribution is 2.25. The number of nitrogens with one attached hydrogen (secondary N) is 1. The Kier molecular flexibility index (Phi) is 6.79. The van der Waals surface area contributed by atoms with Crippen molar-refractivity contribution in [3.8, 4) is 0 Å². The van der Waals surface area contributed by atoms with Crippen LogP contribution in [0.2, 0.25) is 0 Å². The molecule has 2 aliphatic rings. The van der Waals surface area contributed by atoms with Gasteiger partial charge >= 0.3 is 0 Å². The Labute approximate surface area is 179 Å². The van der Waals surface area contributed by atoms with Crippen molar-refractivity contribution in [2.45, 2.75) is 51.7 Å². The van der Waals surface area contributed by atoms with Gasteiger partial charge in [0.2, 0.25) is 5.91 Å². The number of hydrogen-bond acceptors (Lipinski definition) is 5. The number of amides is 1. The maximum atomic E-state index is 13.0. The molecule has 2 aromatic rings. The Morgan fingerprint density at radius 2 is 2.07 bits per heavy atom. The van der Waals surface area contributed by atoms with Gasteiger partial charge in [-0.1, -0.05) is 6.07 Å². The fourth-order valence-corrected chi connectivity index (χ4v) is 4.89. The van der Waals surface area contributed by atoms with E-state index in [2.05, 4.69) is 30.8 Å². The summed E-state index contributed by atoms with van der Waals surface area (Å²) in [6, 6.07) is 4.76. The van der Waals surface area contributed by atoms with Crippen LogP contribution in [0.3, 0.4) is 0 Å². The first-order valence-corrected chi connectivity index (χ1v) is 11.2. The molecule has 162 valence electrons. The predicted octanol–water partition coefficient (Wildman–Crippen LogP) is 2.45. The van der Waals surface area contributed by atoms with Crippen LogP contribution in [0.15, 0.2) is 30.7 Å². The number of aromatic nitrogens is 3. The third kappa shape index (κ3) is 5.26. The van der Waals surface area contributed by atoms with Crippen molar-refractivity contribution in [2.75, 3.05) is 33.2 Å². The first-order chi connectivity index (χ1) is 14.6. The van der Waals surface area contributed by atoms with E-state index in [1.54, 1.807) is 0 Å². The molecular weight excluding hydrogens is 376 g/mol. The second-order valence-corrected chi connectivity index (χ2v) is 8.91. The highest BCUT2D eigenvalue weighted by Gasteiger charge is 2.33. The summed E-state index contributed by atoms with van der Waals surface area (Å²) in [5, 5.41) is 0. The lowest BCUT2D eigenvalue weighted by molar-refractivity contribution is -0.137. The predicted molar refractivity (Wildman–Crippen MR) is 117 cm³/mol. The summed E-state index contributed by atoms with van der Waals surface area (Å²) in [5.41, 5.74) is 2.32. The Morgan fingerprint density at radius 3 is 2.77 bits per heavy atom. The number of imidazole rings is 1. The number of pyridine rings is 1. The number of hydrogen-bond donors (Lipinski definition) is 1. The number of H-pyrrole nitrogens is 1. The fourth-order valence-electron chi connectivity index (χ4n) is 4.89. The molecule has 4 heterocycles. The van der Waals surface area contributed by atoms with Crippen LogP contribution in [-0.4, -0.2) is 74.8 Å². The van der Waals surface area contributed by atoms with Crippen molar-refractivity contribution in [3.63, 3.8) is 0 Å². The molecule has 0 radical (unpaired) electrons. The summed E-state index contributed by atoms with van der Waals surface area (Å²) in [5.74, 6) is 1.22. The van der Waals surface area contributed by atoms with E-state index in [0.29, 0.717) is 12.6 Å². The average Bonchev–Trinajstić information content (AvgIpc) is 3.19. The van der Waals surface area contributed by atoms with Gasteiger partial charge in [-0.25, -0.2) is 4.98 Å². The molecule has 0 aromatic carbocycles. The van der Waals surface area contributed by atoms with E-state index >= 15 is 0 Å². The van der Waals surface area contributed by atoms with E-state index in [-0.39, 0.29) is 11.8 Å². The zero-order valence-corrected chi connectivity index (χ0v) is 18.3. The molecule has 0 bridgehead atoms. The summed E-state index contributed by atoms with van der Waals surface area (Å²) in [6.45, 7) is 7.78. The molecule has 1 atom stereocenters. The Bertz CT molecular complexity index is 814. The van der Waals surface area contributed by atoms with Crippen LogP contribution >= 0.6 is 0 Å². The summed E-state index contributed by atoms with van der Waals surface area (Å²) in [6.07, 6.45) is 10.1.